The van der Waals surface area contributed by atoms with E-state index in [9.17, 15) is 4.79 Å². The molecule has 1 aromatic carbocycles. The summed E-state index contributed by atoms with van der Waals surface area (Å²) in [5, 5.41) is 3.90. The Morgan fingerprint density at radius 3 is 2.86 bits per heavy atom. The maximum Gasteiger partial charge on any atom is 0.323 e. The minimum atomic E-state index is -0.282. The van der Waals surface area contributed by atoms with Crippen LogP contribution in [0.25, 0.3) is 0 Å². The van der Waals surface area contributed by atoms with Gasteiger partial charge in [-0.2, -0.15) is 0 Å². The van der Waals surface area contributed by atoms with E-state index in [0.717, 1.165) is 11.5 Å². The van der Waals surface area contributed by atoms with Crippen LogP contribution in [0.3, 0.4) is 0 Å². The molecule has 0 bridgehead atoms. The lowest BCUT2D eigenvalue weighted by Gasteiger charge is -2.34. The molecule has 3 rings (SSSR count). The summed E-state index contributed by atoms with van der Waals surface area (Å²) in [5.41, 5.74) is 3.30. The van der Waals surface area contributed by atoms with Crippen LogP contribution in [0.1, 0.15) is 22.6 Å². The SMILES string of the molecule is COC(=O)[C@@H]1Cc2ccccc2CN1Cc1cc(C)no1. The smallest absolute Gasteiger partial charge is 0.323 e. The summed E-state index contributed by atoms with van der Waals surface area (Å²) < 4.78 is 10.2. The molecule has 0 aliphatic carbocycles. The van der Waals surface area contributed by atoms with Gasteiger partial charge in [-0.15, -0.1) is 0 Å². The Kier molecular flexibility index (Phi) is 3.75. The summed E-state index contributed by atoms with van der Waals surface area (Å²) in [7, 11) is 1.43. The molecule has 2 heterocycles. The third-order valence-corrected chi connectivity index (χ3v) is 3.85. The van der Waals surface area contributed by atoms with Crippen molar-refractivity contribution in [2.75, 3.05) is 7.11 Å². The van der Waals surface area contributed by atoms with E-state index in [4.69, 9.17) is 9.26 Å². The summed E-state index contributed by atoms with van der Waals surface area (Å²) in [6.45, 7) is 3.14. The van der Waals surface area contributed by atoms with Crippen molar-refractivity contribution in [1.29, 1.82) is 0 Å². The molecule has 1 atom stereocenters. The van der Waals surface area contributed by atoms with Crippen molar-refractivity contribution < 1.29 is 14.1 Å². The standard InChI is InChI=1S/C16H18N2O3/c1-11-7-14(21-17-11)10-18-9-13-6-4-3-5-12(13)8-15(18)16(19)20-2/h3-7,15H,8-10H2,1-2H3/t15-/m0/s1. The first-order valence-corrected chi connectivity index (χ1v) is 6.98. The highest BCUT2D eigenvalue weighted by Gasteiger charge is 2.32. The van der Waals surface area contributed by atoms with Crippen molar-refractivity contribution in [2.45, 2.75) is 32.5 Å². The van der Waals surface area contributed by atoms with Crippen molar-refractivity contribution in [3.8, 4) is 0 Å². The number of nitrogens with zero attached hydrogens (tertiary/aromatic N) is 2. The van der Waals surface area contributed by atoms with Gasteiger partial charge in [-0.05, 0) is 24.5 Å². The van der Waals surface area contributed by atoms with Crippen LogP contribution in [0.5, 0.6) is 0 Å². The minimum Gasteiger partial charge on any atom is -0.468 e. The maximum atomic E-state index is 12.1. The predicted octanol–water partition coefficient (Wildman–Crippen LogP) is 2.08. The van der Waals surface area contributed by atoms with Gasteiger partial charge in [0, 0.05) is 12.6 Å². The molecular formula is C16H18N2O3. The largest absolute Gasteiger partial charge is 0.468 e. The highest BCUT2D eigenvalue weighted by atomic mass is 16.5. The van der Waals surface area contributed by atoms with E-state index in [1.54, 1.807) is 0 Å². The van der Waals surface area contributed by atoms with Gasteiger partial charge in [-0.25, -0.2) is 0 Å². The fourth-order valence-electron chi connectivity index (χ4n) is 2.80. The normalized spacial score (nSPS) is 18.3. The van der Waals surface area contributed by atoms with Crippen LogP contribution in [0.15, 0.2) is 34.9 Å². The van der Waals surface area contributed by atoms with Crippen molar-refractivity contribution >= 4 is 5.97 Å². The molecule has 0 spiro atoms. The fourth-order valence-corrected chi connectivity index (χ4v) is 2.80. The summed E-state index contributed by atoms with van der Waals surface area (Å²) in [6.07, 6.45) is 0.663. The van der Waals surface area contributed by atoms with E-state index in [0.29, 0.717) is 19.5 Å². The Morgan fingerprint density at radius 1 is 1.43 bits per heavy atom. The summed E-state index contributed by atoms with van der Waals surface area (Å²) >= 11 is 0. The first-order valence-electron chi connectivity index (χ1n) is 6.98. The number of aromatic nitrogens is 1. The van der Waals surface area contributed by atoms with Gasteiger partial charge in [0.1, 0.15) is 6.04 Å². The van der Waals surface area contributed by atoms with Gasteiger partial charge >= 0.3 is 5.97 Å². The number of hydrogen-bond donors (Lipinski definition) is 0. The summed E-state index contributed by atoms with van der Waals surface area (Å²) in [6, 6.07) is 9.81. The first kappa shape index (κ1) is 13.8. The van der Waals surface area contributed by atoms with Gasteiger partial charge in [-0.3, -0.25) is 9.69 Å². The van der Waals surface area contributed by atoms with E-state index in [2.05, 4.69) is 22.2 Å². The monoisotopic (exact) mass is 286 g/mol. The van der Waals surface area contributed by atoms with Crippen molar-refractivity contribution in [2.24, 2.45) is 0 Å². The van der Waals surface area contributed by atoms with Crippen LogP contribution in [-0.4, -0.2) is 29.2 Å². The van der Waals surface area contributed by atoms with Gasteiger partial charge in [0.15, 0.2) is 5.76 Å². The molecule has 110 valence electrons. The van der Waals surface area contributed by atoms with Crippen LogP contribution in [-0.2, 0) is 29.0 Å². The molecule has 21 heavy (non-hydrogen) atoms. The molecule has 1 aliphatic rings. The van der Waals surface area contributed by atoms with Gasteiger partial charge < -0.3 is 9.26 Å². The van der Waals surface area contributed by atoms with E-state index in [1.807, 2.05) is 25.1 Å². The number of carbonyl (C=O) groups is 1. The first-order chi connectivity index (χ1) is 10.2. The minimum absolute atomic E-state index is 0.208. The number of ether oxygens (including phenoxy) is 1. The zero-order valence-electron chi connectivity index (χ0n) is 12.2. The van der Waals surface area contributed by atoms with Crippen LogP contribution in [0.2, 0.25) is 0 Å². The Hall–Kier alpha value is -2.14. The molecule has 0 amide bonds. The second kappa shape index (κ2) is 5.69. The highest BCUT2D eigenvalue weighted by Crippen LogP contribution is 2.25. The summed E-state index contributed by atoms with van der Waals surface area (Å²) in [5.74, 6) is 0.557. The van der Waals surface area contributed by atoms with Crippen LogP contribution in [0, 0.1) is 6.92 Å². The zero-order chi connectivity index (χ0) is 14.8. The fraction of sp³-hybridized carbons (Fsp3) is 0.375. The average molecular weight is 286 g/mol. The quantitative estimate of drug-likeness (QED) is 0.809. The lowest BCUT2D eigenvalue weighted by molar-refractivity contribution is -0.148. The lowest BCUT2D eigenvalue weighted by atomic mass is 9.94. The molecule has 2 aromatic rings. The Labute approximate surface area is 123 Å². The van der Waals surface area contributed by atoms with E-state index in [-0.39, 0.29) is 12.0 Å². The van der Waals surface area contributed by atoms with Crippen molar-refractivity contribution in [3.63, 3.8) is 0 Å². The van der Waals surface area contributed by atoms with Crippen molar-refractivity contribution in [1.82, 2.24) is 10.1 Å². The molecule has 0 saturated carbocycles. The molecule has 0 N–H and O–H groups in total. The summed E-state index contributed by atoms with van der Waals surface area (Å²) in [4.78, 5) is 14.1. The van der Waals surface area contributed by atoms with E-state index in [1.165, 1.54) is 18.2 Å². The molecule has 0 unspecified atom stereocenters. The molecule has 1 aliphatic heterocycles. The second-order valence-corrected chi connectivity index (χ2v) is 5.35. The highest BCUT2D eigenvalue weighted by molar-refractivity contribution is 5.76. The van der Waals surface area contributed by atoms with Gasteiger partial charge in [-0.1, -0.05) is 29.4 Å². The topological polar surface area (TPSA) is 55.6 Å². The molecule has 5 heteroatoms. The van der Waals surface area contributed by atoms with Gasteiger partial charge in [0.05, 0.1) is 19.3 Å². The molecule has 0 fully saturated rings. The average Bonchev–Trinajstić information content (AvgIpc) is 2.91. The Balaban J connectivity index is 1.87. The van der Waals surface area contributed by atoms with Gasteiger partial charge in [0.2, 0.25) is 0 Å². The lowest BCUT2D eigenvalue weighted by Crippen LogP contribution is -2.45. The molecular weight excluding hydrogens is 268 g/mol. The number of carbonyl (C=O) groups excluding carboxylic acids is 1. The van der Waals surface area contributed by atoms with Crippen molar-refractivity contribution in [3.05, 3.63) is 52.9 Å². The zero-order valence-corrected chi connectivity index (χ0v) is 12.2. The number of hydrogen-bond acceptors (Lipinski definition) is 5. The third-order valence-electron chi connectivity index (χ3n) is 3.85. The number of methoxy groups -OCH3 is 1. The van der Waals surface area contributed by atoms with Crippen LogP contribution >= 0.6 is 0 Å². The van der Waals surface area contributed by atoms with Crippen LogP contribution in [0.4, 0.5) is 0 Å². The Morgan fingerprint density at radius 2 is 2.19 bits per heavy atom. The third kappa shape index (κ3) is 2.83. The molecule has 1 aromatic heterocycles. The molecule has 5 nitrogen and oxygen atoms in total. The van der Waals surface area contributed by atoms with E-state index < -0.39 is 0 Å². The number of benzene rings is 1. The number of aryl methyl sites for hydroxylation is 1. The number of fused-ring (bicyclic) bond motifs is 1. The maximum absolute atomic E-state index is 12.1. The van der Waals surface area contributed by atoms with Gasteiger partial charge in [0.25, 0.3) is 0 Å². The number of esters is 1. The number of rotatable bonds is 3. The molecule has 0 radical (unpaired) electrons. The molecule has 0 saturated heterocycles. The van der Waals surface area contributed by atoms with E-state index >= 15 is 0 Å². The predicted molar refractivity (Wildman–Crippen MR) is 76.4 cm³/mol. The Bertz CT molecular complexity index is 650. The second-order valence-electron chi connectivity index (χ2n) is 5.35. The van der Waals surface area contributed by atoms with Crippen LogP contribution < -0.4 is 0 Å².